The van der Waals surface area contributed by atoms with E-state index in [9.17, 15) is 4.79 Å². The molecule has 0 radical (unpaired) electrons. The van der Waals surface area contributed by atoms with Gasteiger partial charge in [0.25, 0.3) is 0 Å². The first-order chi connectivity index (χ1) is 20.7. The minimum absolute atomic E-state index is 0.0339. The number of rotatable bonds is 3. The Kier molecular flexibility index (Phi) is 5.43. The number of oxazole rings is 1. The number of nitrogens with zero attached hydrogens (tertiary/aromatic N) is 4. The molecular formula is C34H30N6O3. The molecular weight excluding hydrogens is 540 g/mol. The summed E-state index contributed by atoms with van der Waals surface area (Å²) < 4.78 is 12.0. The highest BCUT2D eigenvalue weighted by molar-refractivity contribution is 6.20. The van der Waals surface area contributed by atoms with E-state index in [0.717, 1.165) is 44.8 Å². The molecule has 5 aliphatic rings. The van der Waals surface area contributed by atoms with Crippen LogP contribution in [0, 0.1) is 18.3 Å². The number of ether oxygens (including phenoxy) is 1. The van der Waals surface area contributed by atoms with Gasteiger partial charge in [-0.2, -0.15) is 0 Å². The lowest BCUT2D eigenvalue weighted by Crippen LogP contribution is -2.58. The molecule has 0 aromatic carbocycles. The number of aromatic amines is 1. The minimum atomic E-state index is -1.03. The Bertz CT molecular complexity index is 2010. The van der Waals surface area contributed by atoms with E-state index in [0.29, 0.717) is 24.9 Å². The van der Waals surface area contributed by atoms with Gasteiger partial charge >= 0.3 is 0 Å². The summed E-state index contributed by atoms with van der Waals surface area (Å²) in [6.07, 6.45) is 19.4. The van der Waals surface area contributed by atoms with Gasteiger partial charge in [-0.15, -0.1) is 0 Å². The van der Waals surface area contributed by atoms with Crippen LogP contribution >= 0.6 is 0 Å². The lowest BCUT2D eigenvalue weighted by molar-refractivity contribution is -0.136. The van der Waals surface area contributed by atoms with Crippen LogP contribution in [0.3, 0.4) is 0 Å². The highest BCUT2D eigenvalue weighted by Crippen LogP contribution is 2.48. The Labute approximate surface area is 247 Å². The predicted octanol–water partition coefficient (Wildman–Crippen LogP) is 3.22. The van der Waals surface area contributed by atoms with Gasteiger partial charge in [0.2, 0.25) is 5.89 Å². The summed E-state index contributed by atoms with van der Waals surface area (Å²) in [5.74, 6) is 1.07. The number of aromatic nitrogens is 3. The second-order valence-electron chi connectivity index (χ2n) is 12.2. The molecule has 214 valence electrons. The molecule has 2 saturated heterocycles. The first-order valence-electron chi connectivity index (χ1n) is 14.4. The van der Waals surface area contributed by atoms with Gasteiger partial charge in [-0.3, -0.25) is 14.8 Å². The van der Waals surface area contributed by atoms with Crippen molar-refractivity contribution in [2.75, 3.05) is 13.2 Å². The lowest BCUT2D eigenvalue weighted by atomic mass is 9.73. The number of H-pyrrole nitrogens is 1. The zero-order chi connectivity index (χ0) is 29.4. The Morgan fingerprint density at radius 1 is 0.977 bits per heavy atom. The summed E-state index contributed by atoms with van der Waals surface area (Å²) in [5.41, 5.74) is 1.93. The quantitative estimate of drug-likeness (QED) is 0.500. The largest absolute Gasteiger partial charge is 0.438 e. The molecule has 0 saturated carbocycles. The van der Waals surface area contributed by atoms with E-state index in [1.807, 2.05) is 93.6 Å². The summed E-state index contributed by atoms with van der Waals surface area (Å²) >= 11 is 0. The van der Waals surface area contributed by atoms with E-state index in [1.165, 1.54) is 0 Å². The maximum atomic E-state index is 14.4. The van der Waals surface area contributed by atoms with E-state index < -0.39 is 16.5 Å². The maximum absolute atomic E-state index is 14.4. The van der Waals surface area contributed by atoms with Gasteiger partial charge in [0, 0.05) is 39.8 Å². The van der Waals surface area contributed by atoms with Gasteiger partial charge in [-0.25, -0.2) is 9.98 Å². The summed E-state index contributed by atoms with van der Waals surface area (Å²) in [4.78, 5) is 36.8. The van der Waals surface area contributed by atoms with Crippen molar-refractivity contribution in [3.63, 3.8) is 0 Å². The van der Waals surface area contributed by atoms with Crippen LogP contribution in [0.4, 0.5) is 0 Å². The minimum Gasteiger partial charge on any atom is -0.438 e. The number of nitrogens with one attached hydrogen (secondary N) is 2. The number of fused-ring (bicyclic) bond motifs is 6. The van der Waals surface area contributed by atoms with Gasteiger partial charge in [-0.1, -0.05) is 0 Å². The molecule has 9 heteroatoms. The number of pyridine rings is 1. The van der Waals surface area contributed by atoms with Crippen molar-refractivity contribution in [3.8, 4) is 11.5 Å². The number of hydrogen-bond donors (Lipinski definition) is 2. The number of hydrogen-bond acceptors (Lipinski definition) is 8. The van der Waals surface area contributed by atoms with Gasteiger partial charge in [0.15, 0.2) is 17.1 Å². The van der Waals surface area contributed by atoms with Crippen molar-refractivity contribution < 1.29 is 13.9 Å². The monoisotopic (exact) mass is 570 g/mol. The normalized spacial score (nSPS) is 27.0. The Hall–Kier alpha value is -4.89. The Morgan fingerprint density at radius 3 is 2.56 bits per heavy atom. The molecule has 0 amide bonds. The van der Waals surface area contributed by atoms with Crippen LogP contribution in [-0.4, -0.2) is 50.9 Å². The number of carbonyl (C=O) groups is 1. The maximum Gasteiger partial charge on any atom is 0.226 e. The zero-order valence-electron chi connectivity index (χ0n) is 24.1. The average Bonchev–Trinajstić information content (AvgIpc) is 3.76. The second kappa shape index (κ2) is 9.05. The van der Waals surface area contributed by atoms with Gasteiger partial charge in [0.05, 0.1) is 41.9 Å². The molecule has 8 heterocycles. The molecule has 9 nitrogen and oxygen atoms in total. The van der Waals surface area contributed by atoms with Crippen LogP contribution in [0.2, 0.25) is 0 Å². The van der Waals surface area contributed by atoms with Crippen molar-refractivity contribution in [1.29, 1.82) is 0 Å². The fourth-order valence-corrected chi connectivity index (χ4v) is 6.36. The fourth-order valence-electron chi connectivity index (χ4n) is 6.36. The predicted molar refractivity (Wildman–Crippen MR) is 163 cm³/mol. The van der Waals surface area contributed by atoms with Crippen LogP contribution in [0.25, 0.3) is 23.6 Å². The Morgan fingerprint density at radius 2 is 1.79 bits per heavy atom. The molecule has 5 aliphatic heterocycles. The molecule has 3 aromatic rings. The highest BCUT2D eigenvalue weighted by Gasteiger charge is 2.60. The first-order valence-corrected chi connectivity index (χ1v) is 14.4. The third-order valence-corrected chi connectivity index (χ3v) is 8.87. The van der Waals surface area contributed by atoms with E-state index in [4.69, 9.17) is 19.1 Å². The van der Waals surface area contributed by atoms with Gasteiger partial charge in [0.1, 0.15) is 5.54 Å². The summed E-state index contributed by atoms with van der Waals surface area (Å²) in [7, 11) is 0. The molecule has 43 heavy (non-hydrogen) atoms. The van der Waals surface area contributed by atoms with Crippen LogP contribution in [0.5, 0.6) is 0 Å². The molecule has 0 spiro atoms. The lowest BCUT2D eigenvalue weighted by Gasteiger charge is -2.40. The smallest absolute Gasteiger partial charge is 0.226 e. The van der Waals surface area contributed by atoms with Gasteiger partial charge in [-0.05, 0) is 93.6 Å². The molecule has 0 aliphatic carbocycles. The summed E-state index contributed by atoms with van der Waals surface area (Å²) in [6.45, 7) is 6.83. The van der Waals surface area contributed by atoms with Crippen molar-refractivity contribution >= 4 is 29.4 Å². The van der Waals surface area contributed by atoms with Gasteiger partial charge < -0.3 is 19.5 Å². The number of aryl methyl sites for hydroxylation is 1. The van der Waals surface area contributed by atoms with E-state index in [2.05, 4.69) is 20.3 Å². The third-order valence-electron chi connectivity index (χ3n) is 8.87. The van der Waals surface area contributed by atoms with Crippen molar-refractivity contribution in [3.05, 3.63) is 107 Å². The fraction of sp³-hybridized carbons (Fsp3) is 0.265. The standard InChI is InChI=1S/C34H30N6O3/c1-20-12-21(9-11-35-20)30-36-17-29(43-30)33-10-8-26(39-33)14-25-5-4-23(37-25)13-24-6-7-27(38-24)15-34(22-18-42-19-22)31(41)32(2,3)28(16-33)40-34/h4-17,22,37,40H,18-19H2,1-3H3. The van der Waals surface area contributed by atoms with Crippen molar-refractivity contribution in [2.24, 2.45) is 21.3 Å². The number of carbonyl (C=O) groups excluding carboxylic acids is 1. The molecule has 8 bridgehead atoms. The number of Topliss-reactive ketones (excluding diaryl/α,β-unsaturated/α-hetero) is 1. The van der Waals surface area contributed by atoms with Crippen LogP contribution in [0.15, 0.2) is 98.9 Å². The number of allylic oxidation sites excluding steroid dienone is 4. The summed E-state index contributed by atoms with van der Waals surface area (Å²) in [6, 6.07) is 7.84. The van der Waals surface area contributed by atoms with Crippen LogP contribution < -0.4 is 16.0 Å². The van der Waals surface area contributed by atoms with E-state index >= 15 is 0 Å². The molecule has 2 N–H and O–H groups in total. The van der Waals surface area contributed by atoms with E-state index in [1.54, 1.807) is 12.4 Å². The van der Waals surface area contributed by atoms with Crippen LogP contribution in [0.1, 0.15) is 25.3 Å². The molecule has 3 aromatic heterocycles. The second-order valence-corrected chi connectivity index (χ2v) is 12.2. The number of ketones is 1. The zero-order valence-corrected chi connectivity index (χ0v) is 24.1. The van der Waals surface area contributed by atoms with Crippen LogP contribution in [-0.2, 0) is 15.1 Å². The molecule has 2 unspecified atom stereocenters. The third kappa shape index (κ3) is 4.06. The topological polar surface area (TPSA) is 118 Å². The molecule has 8 rings (SSSR count). The Balaban J connectivity index is 1.35. The van der Waals surface area contributed by atoms with Crippen molar-refractivity contribution in [1.82, 2.24) is 20.3 Å². The molecule has 2 fully saturated rings. The van der Waals surface area contributed by atoms with E-state index in [-0.39, 0.29) is 11.7 Å². The van der Waals surface area contributed by atoms with Crippen molar-refractivity contribution in [2.45, 2.75) is 31.8 Å². The number of aliphatic imine (C=N–C) groups is 2. The average molecular weight is 571 g/mol. The SMILES string of the molecule is Cc1cc(-c2ncc(C34C=CC(=N3)C=c3ccc([nH]3)=CC3=NC(=CC5(C6COC6)NC(=C4)C(C)(C)C5=O)C=C3)o2)ccn1. The summed E-state index contributed by atoms with van der Waals surface area (Å²) in [5, 5.41) is 5.52. The molecule has 2 atom stereocenters. The highest BCUT2D eigenvalue weighted by atomic mass is 16.5. The first kappa shape index (κ1) is 25.8.